The number of nitrogens with zero attached hydrogens (tertiary/aromatic N) is 4. The minimum absolute atomic E-state index is 0.374. The molecule has 0 saturated carbocycles. The molecule has 21 heavy (non-hydrogen) atoms. The molecule has 0 spiro atoms. The Balaban J connectivity index is 1.90. The molecule has 0 unspecified atom stereocenters. The fourth-order valence-electron chi connectivity index (χ4n) is 3.08. The summed E-state index contributed by atoms with van der Waals surface area (Å²) in [6, 6.07) is 8.54. The highest BCUT2D eigenvalue weighted by molar-refractivity contribution is 5.77. The van der Waals surface area contributed by atoms with Crippen molar-refractivity contribution >= 4 is 11.0 Å². The van der Waals surface area contributed by atoms with Crippen LogP contribution in [0.2, 0.25) is 0 Å². The first-order chi connectivity index (χ1) is 10.2. The monoisotopic (exact) mass is 282 g/mol. The van der Waals surface area contributed by atoms with E-state index in [4.69, 9.17) is 10.2 Å². The molecule has 1 aliphatic rings. The summed E-state index contributed by atoms with van der Waals surface area (Å²) in [6.45, 7) is 7.90. The molecule has 0 bridgehead atoms. The van der Waals surface area contributed by atoms with Crippen molar-refractivity contribution in [2.24, 2.45) is 5.92 Å². The minimum Gasteiger partial charge on any atom is -0.313 e. The Labute approximate surface area is 126 Å². The maximum atomic E-state index is 9.10. The molecule has 0 amide bonds. The number of hydrogen-bond acceptors (Lipinski definition) is 3. The number of fused-ring (bicyclic) bond motifs is 1. The molecular formula is C17H22N4. The van der Waals surface area contributed by atoms with Crippen molar-refractivity contribution in [3.8, 4) is 6.07 Å². The van der Waals surface area contributed by atoms with Gasteiger partial charge in [-0.25, -0.2) is 4.98 Å². The largest absolute Gasteiger partial charge is 0.313 e. The average molecular weight is 282 g/mol. The Kier molecular flexibility index (Phi) is 3.94. The van der Waals surface area contributed by atoms with Crippen LogP contribution in [0.3, 0.4) is 0 Å². The van der Waals surface area contributed by atoms with Crippen molar-refractivity contribution in [1.82, 2.24) is 14.5 Å². The maximum absolute atomic E-state index is 9.10. The molecule has 0 N–H and O–H groups in total. The van der Waals surface area contributed by atoms with E-state index in [2.05, 4.69) is 47.6 Å². The van der Waals surface area contributed by atoms with Crippen LogP contribution in [0.25, 0.3) is 11.0 Å². The molecule has 1 aromatic heterocycles. The summed E-state index contributed by atoms with van der Waals surface area (Å²) in [7, 11) is 0. The van der Waals surface area contributed by atoms with Gasteiger partial charge in [0.2, 0.25) is 0 Å². The quantitative estimate of drug-likeness (QED) is 0.869. The zero-order valence-corrected chi connectivity index (χ0v) is 12.8. The standard InChI is InChI=1S/C17H22N4/c1-13-5-8-20(9-6-13)12-17-19-15-11-14(2)3-4-16(15)21(17)10-7-18/h3-4,11,13H,5-6,8-10,12H2,1-2H3. The van der Waals surface area contributed by atoms with E-state index in [0.717, 1.165) is 42.4 Å². The molecular weight excluding hydrogens is 260 g/mol. The summed E-state index contributed by atoms with van der Waals surface area (Å²) in [4.78, 5) is 7.24. The van der Waals surface area contributed by atoms with Gasteiger partial charge in [-0.2, -0.15) is 5.26 Å². The highest BCUT2D eigenvalue weighted by atomic mass is 15.2. The smallest absolute Gasteiger partial charge is 0.125 e. The summed E-state index contributed by atoms with van der Waals surface area (Å²) in [6.07, 6.45) is 2.52. The SMILES string of the molecule is Cc1ccc2c(c1)nc(CN1CCC(C)CC1)n2CC#N. The first-order valence-corrected chi connectivity index (χ1v) is 7.72. The fourth-order valence-corrected chi connectivity index (χ4v) is 3.08. The van der Waals surface area contributed by atoms with E-state index in [1.807, 2.05) is 0 Å². The second-order valence-electron chi connectivity index (χ2n) is 6.22. The topological polar surface area (TPSA) is 44.9 Å². The Morgan fingerprint density at radius 1 is 1.33 bits per heavy atom. The normalized spacial score (nSPS) is 17.2. The van der Waals surface area contributed by atoms with Crippen LogP contribution in [-0.4, -0.2) is 27.5 Å². The Hall–Kier alpha value is -1.86. The zero-order valence-electron chi connectivity index (χ0n) is 12.8. The summed E-state index contributed by atoms with van der Waals surface area (Å²) in [5, 5.41) is 9.10. The molecule has 2 heterocycles. The summed E-state index contributed by atoms with van der Waals surface area (Å²) in [5.41, 5.74) is 3.29. The van der Waals surface area contributed by atoms with E-state index in [1.165, 1.54) is 18.4 Å². The molecule has 0 aliphatic carbocycles. The van der Waals surface area contributed by atoms with Gasteiger partial charge in [0.1, 0.15) is 12.4 Å². The molecule has 1 saturated heterocycles. The predicted molar refractivity (Wildman–Crippen MR) is 83.8 cm³/mol. The van der Waals surface area contributed by atoms with E-state index in [1.54, 1.807) is 0 Å². The van der Waals surface area contributed by atoms with Crippen LogP contribution in [0.1, 0.15) is 31.2 Å². The van der Waals surface area contributed by atoms with Crippen LogP contribution in [0.4, 0.5) is 0 Å². The molecule has 0 atom stereocenters. The van der Waals surface area contributed by atoms with Crippen molar-refractivity contribution in [3.05, 3.63) is 29.6 Å². The second-order valence-corrected chi connectivity index (χ2v) is 6.22. The fraction of sp³-hybridized carbons (Fsp3) is 0.529. The first-order valence-electron chi connectivity index (χ1n) is 7.72. The van der Waals surface area contributed by atoms with Gasteiger partial charge in [-0.15, -0.1) is 0 Å². The summed E-state index contributed by atoms with van der Waals surface area (Å²) < 4.78 is 2.06. The van der Waals surface area contributed by atoms with Crippen molar-refractivity contribution in [1.29, 1.82) is 5.26 Å². The van der Waals surface area contributed by atoms with Crippen molar-refractivity contribution in [2.45, 2.75) is 39.8 Å². The lowest BCUT2D eigenvalue weighted by atomic mass is 9.99. The number of nitriles is 1. The number of rotatable bonds is 3. The maximum Gasteiger partial charge on any atom is 0.125 e. The lowest BCUT2D eigenvalue weighted by Crippen LogP contribution is -2.33. The molecule has 1 fully saturated rings. The number of imidazole rings is 1. The highest BCUT2D eigenvalue weighted by Crippen LogP contribution is 2.21. The van der Waals surface area contributed by atoms with Crippen LogP contribution < -0.4 is 0 Å². The van der Waals surface area contributed by atoms with Gasteiger partial charge in [0.25, 0.3) is 0 Å². The number of hydrogen-bond donors (Lipinski definition) is 0. The minimum atomic E-state index is 0.374. The van der Waals surface area contributed by atoms with Gasteiger partial charge >= 0.3 is 0 Å². The van der Waals surface area contributed by atoms with Crippen LogP contribution in [0.5, 0.6) is 0 Å². The molecule has 3 rings (SSSR count). The van der Waals surface area contributed by atoms with Gasteiger partial charge < -0.3 is 4.57 Å². The highest BCUT2D eigenvalue weighted by Gasteiger charge is 2.19. The van der Waals surface area contributed by atoms with E-state index < -0.39 is 0 Å². The number of aromatic nitrogens is 2. The van der Waals surface area contributed by atoms with Crippen molar-refractivity contribution in [3.63, 3.8) is 0 Å². The molecule has 2 aromatic rings. The van der Waals surface area contributed by atoms with Gasteiger partial charge in [0.05, 0.1) is 23.6 Å². The van der Waals surface area contributed by atoms with E-state index in [9.17, 15) is 0 Å². The van der Waals surface area contributed by atoms with Crippen molar-refractivity contribution in [2.75, 3.05) is 13.1 Å². The van der Waals surface area contributed by atoms with Crippen molar-refractivity contribution < 1.29 is 0 Å². The Morgan fingerprint density at radius 2 is 2.10 bits per heavy atom. The van der Waals surface area contributed by atoms with E-state index in [0.29, 0.717) is 6.54 Å². The number of piperidine rings is 1. The van der Waals surface area contributed by atoms with Gasteiger partial charge in [0, 0.05) is 0 Å². The van der Waals surface area contributed by atoms with Crippen LogP contribution in [0.15, 0.2) is 18.2 Å². The van der Waals surface area contributed by atoms with E-state index in [-0.39, 0.29) is 0 Å². The summed E-state index contributed by atoms with van der Waals surface area (Å²) >= 11 is 0. The predicted octanol–water partition coefficient (Wildman–Crippen LogP) is 3.10. The lowest BCUT2D eigenvalue weighted by molar-refractivity contribution is 0.180. The third-order valence-corrected chi connectivity index (χ3v) is 4.45. The number of aryl methyl sites for hydroxylation is 1. The lowest BCUT2D eigenvalue weighted by Gasteiger charge is -2.29. The molecule has 110 valence electrons. The zero-order chi connectivity index (χ0) is 14.8. The van der Waals surface area contributed by atoms with E-state index >= 15 is 0 Å². The first kappa shape index (κ1) is 14.1. The van der Waals surface area contributed by atoms with Gasteiger partial charge in [-0.05, 0) is 56.5 Å². The molecule has 0 radical (unpaired) electrons. The van der Waals surface area contributed by atoms with Gasteiger partial charge in [-0.1, -0.05) is 13.0 Å². The molecule has 4 heteroatoms. The molecule has 1 aliphatic heterocycles. The third kappa shape index (κ3) is 2.93. The number of benzene rings is 1. The van der Waals surface area contributed by atoms with Crippen LogP contribution >= 0.6 is 0 Å². The van der Waals surface area contributed by atoms with Gasteiger partial charge in [0.15, 0.2) is 0 Å². The van der Waals surface area contributed by atoms with Gasteiger partial charge in [-0.3, -0.25) is 4.90 Å². The second kappa shape index (κ2) is 5.87. The van der Waals surface area contributed by atoms with Crippen LogP contribution in [0, 0.1) is 24.2 Å². The molecule has 1 aromatic carbocycles. The molecule has 4 nitrogen and oxygen atoms in total. The van der Waals surface area contributed by atoms with Crippen LogP contribution in [-0.2, 0) is 13.1 Å². The Bertz CT molecular complexity index is 672. The third-order valence-electron chi connectivity index (χ3n) is 4.45. The average Bonchev–Trinajstić information content (AvgIpc) is 2.79. The Morgan fingerprint density at radius 3 is 2.81 bits per heavy atom. The summed E-state index contributed by atoms with van der Waals surface area (Å²) in [5.74, 6) is 1.86. The number of likely N-dealkylation sites (tertiary alicyclic amines) is 1.